The van der Waals surface area contributed by atoms with Crippen molar-refractivity contribution < 1.29 is 0 Å². The Morgan fingerprint density at radius 3 is 2.17 bits per heavy atom. The molecule has 0 aliphatic carbocycles. The van der Waals surface area contributed by atoms with Crippen molar-refractivity contribution in [1.82, 2.24) is 0 Å². The van der Waals surface area contributed by atoms with E-state index in [0.717, 1.165) is 12.0 Å². The van der Waals surface area contributed by atoms with Crippen LogP contribution >= 0.6 is 0 Å². The van der Waals surface area contributed by atoms with Crippen LogP contribution in [0.4, 0.5) is 0 Å². The van der Waals surface area contributed by atoms with Crippen molar-refractivity contribution in [2.45, 2.75) is 6.42 Å². The van der Waals surface area contributed by atoms with Crippen LogP contribution in [0.2, 0.25) is 0 Å². The van der Waals surface area contributed by atoms with Gasteiger partial charge in [-0.3, -0.25) is 4.99 Å². The van der Waals surface area contributed by atoms with E-state index in [2.05, 4.69) is 23.2 Å². The number of aliphatic imine (C=N–C) groups is 1. The van der Waals surface area contributed by atoms with Gasteiger partial charge in [0.05, 0.1) is 0 Å². The lowest BCUT2D eigenvalue weighted by atomic mass is 10.1. The normalized spacial score (nSPS) is 10.9. The van der Waals surface area contributed by atoms with Crippen LogP contribution in [0.25, 0.3) is 0 Å². The van der Waals surface area contributed by atoms with Crippen molar-refractivity contribution >= 4 is 5.71 Å². The Labute approximate surface area is 107 Å². The molecule has 0 aliphatic heterocycles. The molecule has 2 nitrogen and oxygen atoms in total. The Hall–Kier alpha value is -2.40. The average molecular weight is 234 g/mol. The molecule has 0 spiro atoms. The maximum Gasteiger partial charge on any atom is 0.142 e. The maximum absolute atomic E-state index is 9.10. The fraction of sp³-hybridized carbons (Fsp3) is 0.125. The summed E-state index contributed by atoms with van der Waals surface area (Å²) in [7, 11) is 0. The minimum absolute atomic E-state index is 0.506. The van der Waals surface area contributed by atoms with E-state index in [1.165, 1.54) is 5.56 Å². The first-order chi connectivity index (χ1) is 8.90. The Bertz CT molecular complexity index is 551. The Morgan fingerprint density at radius 1 is 0.944 bits per heavy atom. The standard InChI is InChI=1S/C16H14N2/c17-13-16(15-9-5-2-6-10-15)18-12-11-14-7-3-1-4-8-14/h1-10H,11-12H2. The van der Waals surface area contributed by atoms with Crippen molar-refractivity contribution in [2.75, 3.05) is 6.54 Å². The van der Waals surface area contributed by atoms with Gasteiger partial charge in [-0.15, -0.1) is 0 Å². The smallest absolute Gasteiger partial charge is 0.142 e. The number of rotatable bonds is 4. The maximum atomic E-state index is 9.10. The third-order valence-corrected chi connectivity index (χ3v) is 2.67. The van der Waals surface area contributed by atoms with Gasteiger partial charge in [0.2, 0.25) is 0 Å². The van der Waals surface area contributed by atoms with E-state index < -0.39 is 0 Å². The topological polar surface area (TPSA) is 36.1 Å². The van der Waals surface area contributed by atoms with Gasteiger partial charge in [0.1, 0.15) is 11.8 Å². The molecule has 2 heteroatoms. The van der Waals surface area contributed by atoms with Crippen LogP contribution in [0.15, 0.2) is 65.7 Å². The molecule has 0 saturated carbocycles. The molecule has 0 heterocycles. The summed E-state index contributed by atoms with van der Waals surface area (Å²) in [6.45, 7) is 0.641. The third-order valence-electron chi connectivity index (χ3n) is 2.67. The van der Waals surface area contributed by atoms with E-state index in [-0.39, 0.29) is 0 Å². The largest absolute Gasteiger partial charge is 0.273 e. The van der Waals surface area contributed by atoms with Gasteiger partial charge in [-0.05, 0) is 12.0 Å². The first-order valence-corrected chi connectivity index (χ1v) is 5.94. The molecule has 0 unspecified atom stereocenters. The quantitative estimate of drug-likeness (QED) is 0.748. The van der Waals surface area contributed by atoms with Crippen LogP contribution in [-0.4, -0.2) is 12.3 Å². The second-order valence-corrected chi connectivity index (χ2v) is 3.94. The Morgan fingerprint density at radius 2 is 1.56 bits per heavy atom. The zero-order valence-electron chi connectivity index (χ0n) is 10.1. The van der Waals surface area contributed by atoms with Crippen LogP contribution in [0.5, 0.6) is 0 Å². The van der Waals surface area contributed by atoms with E-state index in [9.17, 15) is 0 Å². The molecule has 88 valence electrons. The highest BCUT2D eigenvalue weighted by atomic mass is 14.7. The molecular weight excluding hydrogens is 220 g/mol. The second kappa shape index (κ2) is 6.36. The lowest BCUT2D eigenvalue weighted by Gasteiger charge is -1.99. The zero-order chi connectivity index (χ0) is 12.6. The molecule has 0 fully saturated rings. The summed E-state index contributed by atoms with van der Waals surface area (Å²) in [6.07, 6.45) is 0.860. The minimum atomic E-state index is 0.506. The van der Waals surface area contributed by atoms with Crippen molar-refractivity contribution in [3.8, 4) is 6.07 Å². The number of nitrogens with zero attached hydrogens (tertiary/aromatic N) is 2. The summed E-state index contributed by atoms with van der Waals surface area (Å²) in [5.41, 5.74) is 2.63. The van der Waals surface area contributed by atoms with E-state index in [1.54, 1.807) is 0 Å². The predicted octanol–water partition coefficient (Wildman–Crippen LogP) is 3.24. The van der Waals surface area contributed by atoms with Gasteiger partial charge < -0.3 is 0 Å². The van der Waals surface area contributed by atoms with Gasteiger partial charge in [0.25, 0.3) is 0 Å². The summed E-state index contributed by atoms with van der Waals surface area (Å²) in [4.78, 5) is 4.36. The first kappa shape index (κ1) is 12.1. The summed E-state index contributed by atoms with van der Waals surface area (Å²) >= 11 is 0. The van der Waals surface area contributed by atoms with Crippen molar-refractivity contribution in [2.24, 2.45) is 4.99 Å². The van der Waals surface area contributed by atoms with E-state index in [1.807, 2.05) is 48.5 Å². The highest BCUT2D eigenvalue weighted by Crippen LogP contribution is 2.03. The van der Waals surface area contributed by atoms with Crippen molar-refractivity contribution in [3.05, 3.63) is 71.8 Å². The van der Waals surface area contributed by atoms with Gasteiger partial charge in [0, 0.05) is 12.1 Å². The summed E-state index contributed by atoms with van der Waals surface area (Å²) in [6, 6.07) is 21.9. The number of hydrogen-bond donors (Lipinski definition) is 0. The second-order valence-electron chi connectivity index (χ2n) is 3.94. The monoisotopic (exact) mass is 234 g/mol. The van der Waals surface area contributed by atoms with Crippen LogP contribution < -0.4 is 0 Å². The lowest BCUT2D eigenvalue weighted by molar-refractivity contribution is 0.970. The molecule has 18 heavy (non-hydrogen) atoms. The number of hydrogen-bond acceptors (Lipinski definition) is 2. The van der Waals surface area contributed by atoms with Crippen LogP contribution in [0.1, 0.15) is 11.1 Å². The minimum Gasteiger partial charge on any atom is -0.273 e. The summed E-state index contributed by atoms with van der Waals surface area (Å²) in [5, 5.41) is 9.10. The predicted molar refractivity (Wildman–Crippen MR) is 73.6 cm³/mol. The van der Waals surface area contributed by atoms with Crippen LogP contribution in [-0.2, 0) is 6.42 Å². The average Bonchev–Trinajstić information content (AvgIpc) is 2.46. The number of benzene rings is 2. The molecule has 0 aliphatic rings. The van der Waals surface area contributed by atoms with Crippen molar-refractivity contribution in [1.29, 1.82) is 5.26 Å². The first-order valence-electron chi connectivity index (χ1n) is 5.94. The van der Waals surface area contributed by atoms with E-state index in [0.29, 0.717) is 12.3 Å². The third kappa shape index (κ3) is 3.29. The van der Waals surface area contributed by atoms with Gasteiger partial charge in [-0.25, -0.2) is 0 Å². The van der Waals surface area contributed by atoms with E-state index >= 15 is 0 Å². The van der Waals surface area contributed by atoms with Gasteiger partial charge in [-0.1, -0.05) is 60.7 Å². The summed E-state index contributed by atoms with van der Waals surface area (Å²) < 4.78 is 0. The molecule has 0 N–H and O–H groups in total. The fourth-order valence-electron chi connectivity index (χ4n) is 1.73. The number of nitriles is 1. The highest BCUT2D eigenvalue weighted by molar-refractivity contribution is 6.11. The molecule has 0 aromatic heterocycles. The molecule has 2 rings (SSSR count). The SMILES string of the molecule is N#CC(=NCCc1ccccc1)c1ccccc1. The van der Waals surface area contributed by atoms with Crippen molar-refractivity contribution in [3.63, 3.8) is 0 Å². The van der Waals surface area contributed by atoms with Gasteiger partial charge >= 0.3 is 0 Å². The molecule has 0 saturated heterocycles. The fourth-order valence-corrected chi connectivity index (χ4v) is 1.73. The van der Waals surface area contributed by atoms with Crippen LogP contribution in [0, 0.1) is 11.3 Å². The van der Waals surface area contributed by atoms with Gasteiger partial charge in [0.15, 0.2) is 0 Å². The van der Waals surface area contributed by atoms with Gasteiger partial charge in [-0.2, -0.15) is 5.26 Å². The molecular formula is C16H14N2. The molecule has 2 aromatic carbocycles. The molecule has 0 bridgehead atoms. The highest BCUT2D eigenvalue weighted by Gasteiger charge is 2.00. The molecule has 0 atom stereocenters. The Kier molecular flexibility index (Phi) is 4.27. The Balaban J connectivity index is 2.02. The molecule has 0 radical (unpaired) electrons. The molecule has 2 aromatic rings. The molecule has 0 amide bonds. The lowest BCUT2D eigenvalue weighted by Crippen LogP contribution is -2.00. The summed E-state index contributed by atoms with van der Waals surface area (Å²) in [5.74, 6) is 0. The van der Waals surface area contributed by atoms with Crippen LogP contribution in [0.3, 0.4) is 0 Å². The van der Waals surface area contributed by atoms with E-state index in [4.69, 9.17) is 5.26 Å². The zero-order valence-corrected chi connectivity index (χ0v) is 10.1.